The standard InChI is InChI=1S/C20H17N3OS/c1-2-14-5-10-17-18(13-14)25-20(21-17)22-19(24)15-6-8-16(9-7-15)23-11-3-4-12-23/h3-13H,2H2,1H3,(H,21,22,24). The van der Waals surface area contributed by atoms with Crippen LogP contribution in [-0.4, -0.2) is 15.5 Å². The van der Waals surface area contributed by atoms with Gasteiger partial charge in [-0.05, 0) is 60.5 Å². The molecule has 25 heavy (non-hydrogen) atoms. The van der Waals surface area contributed by atoms with Crippen LogP contribution in [0.25, 0.3) is 15.9 Å². The van der Waals surface area contributed by atoms with Crippen LogP contribution < -0.4 is 5.32 Å². The molecule has 124 valence electrons. The second kappa shape index (κ2) is 6.53. The van der Waals surface area contributed by atoms with Gasteiger partial charge >= 0.3 is 0 Å². The van der Waals surface area contributed by atoms with Crippen LogP contribution in [0.4, 0.5) is 5.13 Å². The van der Waals surface area contributed by atoms with Crippen LogP contribution in [0.5, 0.6) is 0 Å². The maximum Gasteiger partial charge on any atom is 0.257 e. The number of carbonyl (C=O) groups excluding carboxylic acids is 1. The van der Waals surface area contributed by atoms with Gasteiger partial charge in [-0.15, -0.1) is 0 Å². The van der Waals surface area contributed by atoms with Crippen molar-refractivity contribution in [3.63, 3.8) is 0 Å². The number of carbonyl (C=O) groups is 1. The van der Waals surface area contributed by atoms with Crippen molar-refractivity contribution >= 4 is 32.6 Å². The van der Waals surface area contributed by atoms with Gasteiger partial charge in [0.25, 0.3) is 5.91 Å². The van der Waals surface area contributed by atoms with Crippen molar-refractivity contribution in [1.29, 1.82) is 0 Å². The predicted molar refractivity (Wildman–Crippen MR) is 103 cm³/mol. The molecule has 4 rings (SSSR count). The Morgan fingerprint density at radius 2 is 1.88 bits per heavy atom. The molecular weight excluding hydrogens is 330 g/mol. The van der Waals surface area contributed by atoms with Crippen LogP contribution in [0.2, 0.25) is 0 Å². The number of hydrogen-bond donors (Lipinski definition) is 1. The largest absolute Gasteiger partial charge is 0.324 e. The van der Waals surface area contributed by atoms with Crippen molar-refractivity contribution in [2.45, 2.75) is 13.3 Å². The zero-order valence-corrected chi connectivity index (χ0v) is 14.6. The van der Waals surface area contributed by atoms with Gasteiger partial charge < -0.3 is 4.57 Å². The van der Waals surface area contributed by atoms with E-state index in [2.05, 4.69) is 29.4 Å². The number of aryl methyl sites for hydroxylation is 1. The smallest absolute Gasteiger partial charge is 0.257 e. The number of nitrogens with zero attached hydrogens (tertiary/aromatic N) is 2. The van der Waals surface area contributed by atoms with E-state index in [4.69, 9.17) is 0 Å². The molecule has 1 amide bonds. The summed E-state index contributed by atoms with van der Waals surface area (Å²) in [6.45, 7) is 2.13. The molecule has 4 aromatic rings. The van der Waals surface area contributed by atoms with Gasteiger partial charge in [0.1, 0.15) is 0 Å². The molecule has 2 heterocycles. The third kappa shape index (κ3) is 3.19. The minimum Gasteiger partial charge on any atom is -0.324 e. The van der Waals surface area contributed by atoms with Crippen molar-refractivity contribution in [1.82, 2.24) is 9.55 Å². The summed E-state index contributed by atoms with van der Waals surface area (Å²) < 4.78 is 3.10. The van der Waals surface area contributed by atoms with Crippen molar-refractivity contribution < 1.29 is 4.79 Å². The Labute approximate surface area is 149 Å². The summed E-state index contributed by atoms with van der Waals surface area (Å²) in [7, 11) is 0. The highest BCUT2D eigenvalue weighted by molar-refractivity contribution is 7.22. The Hall–Kier alpha value is -2.92. The van der Waals surface area contributed by atoms with E-state index in [1.54, 1.807) is 0 Å². The van der Waals surface area contributed by atoms with Gasteiger partial charge in [0, 0.05) is 23.6 Å². The summed E-state index contributed by atoms with van der Waals surface area (Å²) in [5.74, 6) is -0.145. The summed E-state index contributed by atoms with van der Waals surface area (Å²) in [6, 6.07) is 17.7. The van der Waals surface area contributed by atoms with Gasteiger partial charge in [-0.3, -0.25) is 10.1 Å². The summed E-state index contributed by atoms with van der Waals surface area (Å²) in [6.07, 6.45) is 4.94. The molecule has 0 atom stereocenters. The Bertz CT molecular complexity index is 1020. The van der Waals surface area contributed by atoms with Crippen LogP contribution in [0.15, 0.2) is 67.0 Å². The number of benzene rings is 2. The molecule has 0 bridgehead atoms. The molecule has 0 aliphatic carbocycles. The van der Waals surface area contributed by atoms with Crippen LogP contribution in [-0.2, 0) is 6.42 Å². The first-order valence-electron chi connectivity index (χ1n) is 8.17. The maximum atomic E-state index is 12.5. The molecule has 0 radical (unpaired) electrons. The molecule has 0 unspecified atom stereocenters. The number of anilines is 1. The van der Waals surface area contributed by atoms with Crippen LogP contribution in [0, 0.1) is 0 Å². The van der Waals surface area contributed by atoms with Gasteiger partial charge in [-0.2, -0.15) is 0 Å². The van der Waals surface area contributed by atoms with E-state index in [0.717, 1.165) is 22.3 Å². The Balaban J connectivity index is 1.53. The molecule has 2 aromatic heterocycles. The molecule has 5 heteroatoms. The first-order chi connectivity index (χ1) is 12.2. The van der Waals surface area contributed by atoms with Gasteiger partial charge in [-0.25, -0.2) is 4.98 Å². The third-order valence-electron chi connectivity index (χ3n) is 4.11. The monoisotopic (exact) mass is 347 g/mol. The first kappa shape index (κ1) is 15.6. The summed E-state index contributed by atoms with van der Waals surface area (Å²) in [5.41, 5.74) is 3.83. The van der Waals surface area contributed by atoms with Crippen molar-refractivity contribution in [2.75, 3.05) is 5.32 Å². The van der Waals surface area contributed by atoms with E-state index in [1.165, 1.54) is 16.9 Å². The fraction of sp³-hybridized carbons (Fsp3) is 0.100. The highest BCUT2D eigenvalue weighted by atomic mass is 32.1. The number of nitrogens with one attached hydrogen (secondary N) is 1. The Morgan fingerprint density at radius 1 is 1.12 bits per heavy atom. The maximum absolute atomic E-state index is 12.5. The molecule has 2 aromatic carbocycles. The molecule has 0 spiro atoms. The van der Waals surface area contributed by atoms with E-state index in [-0.39, 0.29) is 5.91 Å². The second-order valence-electron chi connectivity index (χ2n) is 5.77. The number of rotatable bonds is 4. The summed E-state index contributed by atoms with van der Waals surface area (Å²) in [5, 5.41) is 3.53. The van der Waals surface area contributed by atoms with Gasteiger partial charge in [0.2, 0.25) is 0 Å². The fourth-order valence-electron chi connectivity index (χ4n) is 2.70. The SMILES string of the molecule is CCc1ccc2nc(NC(=O)c3ccc(-n4cccc4)cc3)sc2c1. The molecule has 0 saturated heterocycles. The average molecular weight is 347 g/mol. The summed E-state index contributed by atoms with van der Waals surface area (Å²) >= 11 is 1.50. The lowest BCUT2D eigenvalue weighted by molar-refractivity contribution is 0.102. The van der Waals surface area contributed by atoms with Crippen LogP contribution in [0.1, 0.15) is 22.8 Å². The fourth-order valence-corrected chi connectivity index (χ4v) is 3.63. The number of aromatic nitrogens is 2. The number of fused-ring (bicyclic) bond motifs is 1. The number of hydrogen-bond acceptors (Lipinski definition) is 3. The molecule has 4 nitrogen and oxygen atoms in total. The zero-order valence-electron chi connectivity index (χ0n) is 13.8. The zero-order chi connectivity index (χ0) is 17.2. The summed E-state index contributed by atoms with van der Waals surface area (Å²) in [4.78, 5) is 17.0. The average Bonchev–Trinajstić information content (AvgIpc) is 3.30. The predicted octanol–water partition coefficient (Wildman–Crippen LogP) is 4.90. The quantitative estimate of drug-likeness (QED) is 0.571. The topological polar surface area (TPSA) is 46.9 Å². The lowest BCUT2D eigenvalue weighted by Gasteiger charge is -2.05. The van der Waals surface area contributed by atoms with Gasteiger partial charge in [0.05, 0.1) is 10.2 Å². The van der Waals surface area contributed by atoms with Gasteiger partial charge in [0.15, 0.2) is 5.13 Å². The number of thiazole rings is 1. The van der Waals surface area contributed by atoms with Crippen LogP contribution >= 0.6 is 11.3 Å². The van der Waals surface area contributed by atoms with Crippen LogP contribution in [0.3, 0.4) is 0 Å². The molecule has 1 N–H and O–H groups in total. The molecule has 0 aliphatic rings. The number of amides is 1. The molecule has 0 fully saturated rings. The highest BCUT2D eigenvalue weighted by Crippen LogP contribution is 2.27. The van der Waals surface area contributed by atoms with E-state index in [0.29, 0.717) is 10.7 Å². The van der Waals surface area contributed by atoms with E-state index < -0.39 is 0 Å². The molecule has 0 saturated carbocycles. The molecule has 0 aliphatic heterocycles. The lowest BCUT2D eigenvalue weighted by atomic mass is 10.2. The third-order valence-corrected chi connectivity index (χ3v) is 5.05. The lowest BCUT2D eigenvalue weighted by Crippen LogP contribution is -2.11. The molecular formula is C20H17N3OS. The van der Waals surface area contributed by atoms with Crippen molar-refractivity contribution in [3.8, 4) is 5.69 Å². The Kier molecular flexibility index (Phi) is 4.07. The van der Waals surface area contributed by atoms with E-state index >= 15 is 0 Å². The normalized spacial score (nSPS) is 10.9. The highest BCUT2D eigenvalue weighted by Gasteiger charge is 2.10. The van der Waals surface area contributed by atoms with Crippen molar-refractivity contribution in [2.24, 2.45) is 0 Å². The minimum absolute atomic E-state index is 0.145. The minimum atomic E-state index is -0.145. The van der Waals surface area contributed by atoms with E-state index in [9.17, 15) is 4.79 Å². The Morgan fingerprint density at radius 3 is 2.60 bits per heavy atom. The van der Waals surface area contributed by atoms with Gasteiger partial charge in [-0.1, -0.05) is 24.3 Å². The second-order valence-corrected chi connectivity index (χ2v) is 6.80. The first-order valence-corrected chi connectivity index (χ1v) is 8.99. The van der Waals surface area contributed by atoms with Crippen molar-refractivity contribution in [3.05, 3.63) is 78.1 Å². The van der Waals surface area contributed by atoms with E-state index in [1.807, 2.05) is 59.4 Å².